The highest BCUT2D eigenvalue weighted by molar-refractivity contribution is 6.04. The lowest BCUT2D eigenvalue weighted by Crippen LogP contribution is -2.02. The molecule has 0 unspecified atom stereocenters. The van der Waals surface area contributed by atoms with E-state index in [1.165, 1.54) is 17.7 Å². The maximum atomic E-state index is 11.2. The molecule has 1 aromatic heterocycles. The first-order chi connectivity index (χ1) is 7.70. The summed E-state index contributed by atoms with van der Waals surface area (Å²) in [6, 6.07) is 5.55. The highest BCUT2D eigenvalue weighted by Gasteiger charge is 2.22. The van der Waals surface area contributed by atoms with E-state index in [4.69, 9.17) is 0 Å². The molecule has 1 aromatic carbocycles. The van der Waals surface area contributed by atoms with Crippen LogP contribution in [0.25, 0.3) is 10.9 Å². The van der Waals surface area contributed by atoms with Crippen LogP contribution in [0.3, 0.4) is 0 Å². The van der Waals surface area contributed by atoms with E-state index in [2.05, 4.69) is 4.57 Å². The first-order valence-electron chi connectivity index (χ1n) is 5.52. The minimum atomic E-state index is -0.843. The van der Waals surface area contributed by atoms with Crippen LogP contribution in [-0.2, 0) is 19.9 Å². The number of hydrogen-bond acceptors (Lipinski definition) is 1. The van der Waals surface area contributed by atoms with Gasteiger partial charge in [0.1, 0.15) is 0 Å². The quantitative estimate of drug-likeness (QED) is 0.793. The number of rotatable bonds is 1. The largest absolute Gasteiger partial charge is 0.478 e. The van der Waals surface area contributed by atoms with Crippen LogP contribution in [0.4, 0.5) is 0 Å². The van der Waals surface area contributed by atoms with Crippen molar-refractivity contribution < 1.29 is 9.90 Å². The summed E-state index contributed by atoms with van der Waals surface area (Å²) in [6.07, 6.45) is 3.33. The summed E-state index contributed by atoms with van der Waals surface area (Å²) in [5.74, 6) is -0.843. The van der Waals surface area contributed by atoms with Crippen molar-refractivity contribution >= 4 is 16.9 Å². The van der Waals surface area contributed by atoms with Crippen LogP contribution in [-0.4, -0.2) is 15.6 Å². The molecule has 3 nitrogen and oxygen atoms in total. The van der Waals surface area contributed by atoms with E-state index in [0.29, 0.717) is 5.56 Å². The van der Waals surface area contributed by atoms with Crippen molar-refractivity contribution in [3.05, 3.63) is 35.0 Å². The van der Waals surface area contributed by atoms with E-state index >= 15 is 0 Å². The van der Waals surface area contributed by atoms with E-state index in [1.54, 1.807) is 6.07 Å². The zero-order valence-electron chi connectivity index (χ0n) is 9.16. The molecule has 0 amide bonds. The van der Waals surface area contributed by atoms with E-state index in [9.17, 15) is 9.90 Å². The van der Waals surface area contributed by atoms with Crippen molar-refractivity contribution in [2.45, 2.75) is 19.3 Å². The van der Waals surface area contributed by atoms with E-state index < -0.39 is 5.97 Å². The Hall–Kier alpha value is -1.77. The summed E-state index contributed by atoms with van der Waals surface area (Å²) >= 11 is 0. The first-order valence-corrected chi connectivity index (χ1v) is 5.52. The Labute approximate surface area is 93.3 Å². The summed E-state index contributed by atoms with van der Waals surface area (Å²) in [4.78, 5) is 11.2. The number of hydrogen-bond donors (Lipinski definition) is 1. The molecule has 3 rings (SSSR count). The van der Waals surface area contributed by atoms with Gasteiger partial charge in [-0.1, -0.05) is 12.1 Å². The number of fused-ring (bicyclic) bond motifs is 3. The van der Waals surface area contributed by atoms with Gasteiger partial charge in [0.05, 0.1) is 11.1 Å². The molecule has 1 aliphatic carbocycles. The Balaban J connectivity index is 2.45. The molecule has 2 aromatic rings. The molecule has 0 radical (unpaired) electrons. The van der Waals surface area contributed by atoms with Gasteiger partial charge in [-0.3, -0.25) is 0 Å². The monoisotopic (exact) mass is 215 g/mol. The SMILES string of the molecule is Cn1c2c(c3cccc(C(=O)O)c31)CCC2. The van der Waals surface area contributed by atoms with Crippen LogP contribution in [0.5, 0.6) is 0 Å². The molecule has 0 aliphatic heterocycles. The predicted octanol–water partition coefficient (Wildman–Crippen LogP) is 2.37. The lowest BCUT2D eigenvalue weighted by Gasteiger charge is -2.04. The molecule has 0 atom stereocenters. The zero-order valence-corrected chi connectivity index (χ0v) is 9.16. The Morgan fingerprint density at radius 2 is 2.19 bits per heavy atom. The van der Waals surface area contributed by atoms with Gasteiger partial charge in [0, 0.05) is 18.1 Å². The number of carboxylic acids is 1. The number of aryl methyl sites for hydroxylation is 2. The lowest BCUT2D eigenvalue weighted by molar-refractivity contribution is 0.0698. The topological polar surface area (TPSA) is 42.2 Å². The van der Waals surface area contributed by atoms with Crippen molar-refractivity contribution in [1.82, 2.24) is 4.57 Å². The number of carboxylic acid groups (broad SMARTS) is 1. The third-order valence-electron chi connectivity index (χ3n) is 3.52. The first kappa shape index (κ1) is 9.46. The molecular weight excluding hydrogens is 202 g/mol. The van der Waals surface area contributed by atoms with Gasteiger partial charge in [-0.2, -0.15) is 0 Å². The van der Waals surface area contributed by atoms with Gasteiger partial charge in [0.15, 0.2) is 0 Å². The van der Waals surface area contributed by atoms with Crippen LogP contribution in [0.1, 0.15) is 28.0 Å². The Bertz CT molecular complexity index is 595. The van der Waals surface area contributed by atoms with Crippen LogP contribution in [0.2, 0.25) is 0 Å². The van der Waals surface area contributed by atoms with Gasteiger partial charge in [-0.15, -0.1) is 0 Å². The average molecular weight is 215 g/mol. The molecule has 1 N–H and O–H groups in total. The van der Waals surface area contributed by atoms with Crippen molar-refractivity contribution in [1.29, 1.82) is 0 Å². The van der Waals surface area contributed by atoms with E-state index in [0.717, 1.165) is 23.7 Å². The standard InChI is InChI=1S/C13H13NO2/c1-14-11-7-3-4-8(11)9-5-2-6-10(12(9)14)13(15)16/h2,5-6H,3-4,7H2,1H3,(H,15,16). The maximum absolute atomic E-state index is 11.2. The average Bonchev–Trinajstić information content (AvgIpc) is 2.83. The van der Waals surface area contributed by atoms with Gasteiger partial charge < -0.3 is 9.67 Å². The lowest BCUT2D eigenvalue weighted by atomic mass is 10.1. The molecule has 1 heterocycles. The second kappa shape index (κ2) is 3.11. The van der Waals surface area contributed by atoms with Crippen molar-refractivity contribution in [2.24, 2.45) is 7.05 Å². The summed E-state index contributed by atoms with van der Waals surface area (Å²) in [7, 11) is 1.97. The molecule has 16 heavy (non-hydrogen) atoms. The molecule has 1 aliphatic rings. The highest BCUT2D eigenvalue weighted by Crippen LogP contribution is 2.33. The Kier molecular flexibility index (Phi) is 1.84. The predicted molar refractivity (Wildman–Crippen MR) is 61.9 cm³/mol. The zero-order chi connectivity index (χ0) is 11.3. The number of carbonyl (C=O) groups is 1. The van der Waals surface area contributed by atoms with Crippen LogP contribution < -0.4 is 0 Å². The van der Waals surface area contributed by atoms with Crippen LogP contribution in [0, 0.1) is 0 Å². The number of aromatic nitrogens is 1. The summed E-state index contributed by atoms with van der Waals surface area (Å²) in [5, 5.41) is 10.3. The Morgan fingerprint density at radius 1 is 1.38 bits per heavy atom. The van der Waals surface area contributed by atoms with Gasteiger partial charge in [0.25, 0.3) is 0 Å². The van der Waals surface area contributed by atoms with Crippen molar-refractivity contribution in [2.75, 3.05) is 0 Å². The second-order valence-electron chi connectivity index (χ2n) is 4.34. The molecule has 0 saturated heterocycles. The number of benzene rings is 1. The summed E-state index contributed by atoms with van der Waals surface area (Å²) < 4.78 is 2.06. The maximum Gasteiger partial charge on any atom is 0.337 e. The fraction of sp³-hybridized carbons (Fsp3) is 0.308. The molecule has 0 saturated carbocycles. The molecule has 0 fully saturated rings. The van der Waals surface area contributed by atoms with Crippen molar-refractivity contribution in [3.8, 4) is 0 Å². The van der Waals surface area contributed by atoms with Gasteiger partial charge in [-0.05, 0) is 30.9 Å². The second-order valence-corrected chi connectivity index (χ2v) is 4.34. The number of aromatic carboxylic acids is 1. The van der Waals surface area contributed by atoms with E-state index in [1.807, 2.05) is 19.2 Å². The van der Waals surface area contributed by atoms with Crippen molar-refractivity contribution in [3.63, 3.8) is 0 Å². The van der Waals surface area contributed by atoms with E-state index in [-0.39, 0.29) is 0 Å². The smallest absolute Gasteiger partial charge is 0.337 e. The normalized spacial score (nSPS) is 14.3. The third kappa shape index (κ3) is 1.06. The fourth-order valence-electron chi connectivity index (χ4n) is 2.84. The Morgan fingerprint density at radius 3 is 2.94 bits per heavy atom. The van der Waals surface area contributed by atoms with Crippen LogP contribution >= 0.6 is 0 Å². The minimum absolute atomic E-state index is 0.411. The summed E-state index contributed by atoms with van der Waals surface area (Å²) in [6.45, 7) is 0. The third-order valence-corrected chi connectivity index (χ3v) is 3.52. The number of nitrogens with zero attached hydrogens (tertiary/aromatic N) is 1. The fourth-order valence-corrected chi connectivity index (χ4v) is 2.84. The van der Waals surface area contributed by atoms with Gasteiger partial charge in [-0.25, -0.2) is 4.79 Å². The summed E-state index contributed by atoms with van der Waals surface area (Å²) in [5.41, 5.74) is 3.94. The minimum Gasteiger partial charge on any atom is -0.478 e. The molecular formula is C13H13NO2. The van der Waals surface area contributed by atoms with Gasteiger partial charge in [0.2, 0.25) is 0 Å². The molecule has 0 spiro atoms. The number of para-hydroxylation sites is 1. The molecule has 0 bridgehead atoms. The van der Waals surface area contributed by atoms with Crippen LogP contribution in [0.15, 0.2) is 18.2 Å². The van der Waals surface area contributed by atoms with Gasteiger partial charge >= 0.3 is 5.97 Å². The molecule has 82 valence electrons. The highest BCUT2D eigenvalue weighted by atomic mass is 16.4. The molecule has 3 heteroatoms.